The molecule has 0 aromatic heterocycles. The van der Waals surface area contributed by atoms with Gasteiger partial charge in [-0.15, -0.1) is 0 Å². The van der Waals surface area contributed by atoms with E-state index in [4.69, 9.17) is 0 Å². The Morgan fingerprint density at radius 2 is 1.82 bits per heavy atom. The molecule has 0 rings (SSSR count). The normalized spacial score (nSPS) is 13.5. The second kappa shape index (κ2) is 8.33. The van der Waals surface area contributed by atoms with Crippen LogP contribution in [0.4, 0.5) is 13.2 Å². The van der Waals surface area contributed by atoms with Crippen LogP contribution < -0.4 is 0 Å². The van der Waals surface area contributed by atoms with Crippen LogP contribution in [-0.2, 0) is 14.3 Å². The molecule has 3 nitrogen and oxygen atoms in total. The summed E-state index contributed by atoms with van der Waals surface area (Å²) in [5, 5.41) is 0. The Hall–Kier alpha value is -0.780. The van der Waals surface area contributed by atoms with Gasteiger partial charge in [-0.2, -0.15) is 13.2 Å². The molecule has 0 fully saturated rings. The van der Waals surface area contributed by atoms with Crippen molar-refractivity contribution in [2.75, 3.05) is 13.2 Å². The average molecular weight is 256 g/mol. The fourth-order valence-corrected chi connectivity index (χ4v) is 1.24. The van der Waals surface area contributed by atoms with E-state index in [0.29, 0.717) is 6.42 Å². The van der Waals surface area contributed by atoms with E-state index in [2.05, 4.69) is 9.47 Å². The summed E-state index contributed by atoms with van der Waals surface area (Å²) in [4.78, 5) is 11.0. The lowest BCUT2D eigenvalue weighted by Gasteiger charge is -2.18. The quantitative estimate of drug-likeness (QED) is 0.494. The molecule has 0 aromatic rings. The van der Waals surface area contributed by atoms with E-state index in [1.54, 1.807) is 0 Å². The molecule has 0 radical (unpaired) electrons. The van der Waals surface area contributed by atoms with Crippen molar-refractivity contribution in [2.45, 2.75) is 51.8 Å². The minimum absolute atomic E-state index is 0.0804. The zero-order chi connectivity index (χ0) is 13.3. The largest absolute Gasteiger partial charge is 0.464 e. The van der Waals surface area contributed by atoms with Gasteiger partial charge < -0.3 is 9.47 Å². The maximum Gasteiger partial charge on any atom is 0.425 e. The van der Waals surface area contributed by atoms with Crippen molar-refractivity contribution in [3.8, 4) is 0 Å². The van der Waals surface area contributed by atoms with Crippen LogP contribution in [0.5, 0.6) is 0 Å². The number of carbonyl (C=O) groups is 1. The Bertz CT molecular complexity index is 216. The second-order valence-electron chi connectivity index (χ2n) is 3.61. The lowest BCUT2D eigenvalue weighted by atomic mass is 10.2. The molecule has 1 atom stereocenters. The first-order valence-electron chi connectivity index (χ1n) is 5.78. The molecule has 0 aromatic carbocycles. The fourth-order valence-electron chi connectivity index (χ4n) is 1.24. The molecule has 0 heterocycles. The first kappa shape index (κ1) is 16.2. The second-order valence-corrected chi connectivity index (χ2v) is 3.61. The summed E-state index contributed by atoms with van der Waals surface area (Å²) in [5.41, 5.74) is 0. The van der Waals surface area contributed by atoms with Gasteiger partial charge in [0.15, 0.2) is 0 Å². The van der Waals surface area contributed by atoms with E-state index in [-0.39, 0.29) is 13.2 Å². The van der Waals surface area contributed by atoms with Crippen LogP contribution >= 0.6 is 0 Å². The summed E-state index contributed by atoms with van der Waals surface area (Å²) >= 11 is 0. The van der Waals surface area contributed by atoms with E-state index in [1.165, 1.54) is 6.92 Å². The summed E-state index contributed by atoms with van der Waals surface area (Å²) in [6.45, 7) is 3.28. The van der Waals surface area contributed by atoms with Crippen molar-refractivity contribution in [1.82, 2.24) is 0 Å². The molecule has 0 aliphatic heterocycles. The standard InChI is InChI=1S/C11H19F3O3/c1-3-5-6-7-8-17-9(11(12,13)14)10(15)16-4-2/h9H,3-8H2,1-2H3. The van der Waals surface area contributed by atoms with Gasteiger partial charge in [0.05, 0.1) is 6.61 Å². The monoisotopic (exact) mass is 256 g/mol. The predicted octanol–water partition coefficient (Wildman–Crippen LogP) is 3.08. The summed E-state index contributed by atoms with van der Waals surface area (Å²) in [6, 6.07) is 0. The number of rotatable bonds is 8. The maximum absolute atomic E-state index is 12.4. The van der Waals surface area contributed by atoms with Crippen molar-refractivity contribution < 1.29 is 27.4 Å². The summed E-state index contributed by atoms with van der Waals surface area (Å²) in [7, 11) is 0. The van der Waals surface area contributed by atoms with Crippen LogP contribution in [0, 0.1) is 0 Å². The molecule has 0 aliphatic carbocycles. The number of esters is 1. The van der Waals surface area contributed by atoms with Gasteiger partial charge in [-0.05, 0) is 13.3 Å². The van der Waals surface area contributed by atoms with Gasteiger partial charge in [-0.3, -0.25) is 0 Å². The molecule has 102 valence electrons. The number of hydrogen-bond donors (Lipinski definition) is 0. The number of ether oxygens (including phenoxy) is 2. The van der Waals surface area contributed by atoms with Crippen LogP contribution in [0.2, 0.25) is 0 Å². The highest BCUT2D eigenvalue weighted by Gasteiger charge is 2.47. The van der Waals surface area contributed by atoms with Crippen molar-refractivity contribution in [3.63, 3.8) is 0 Å². The number of carbonyl (C=O) groups excluding carboxylic acids is 1. The number of halogens is 3. The maximum atomic E-state index is 12.4. The fraction of sp³-hybridized carbons (Fsp3) is 0.909. The smallest absolute Gasteiger partial charge is 0.425 e. The first-order chi connectivity index (χ1) is 7.93. The molecule has 6 heteroatoms. The van der Waals surface area contributed by atoms with Gasteiger partial charge in [0.25, 0.3) is 6.10 Å². The SMILES string of the molecule is CCCCCCOC(C(=O)OCC)C(F)(F)F. The lowest BCUT2D eigenvalue weighted by Crippen LogP contribution is -2.40. The molecule has 0 saturated carbocycles. The van der Waals surface area contributed by atoms with Crippen LogP contribution in [-0.4, -0.2) is 31.5 Å². The highest BCUT2D eigenvalue weighted by molar-refractivity contribution is 5.75. The van der Waals surface area contributed by atoms with E-state index < -0.39 is 18.2 Å². The molecule has 0 bridgehead atoms. The highest BCUT2D eigenvalue weighted by Crippen LogP contribution is 2.24. The Kier molecular flexibility index (Phi) is 7.95. The van der Waals surface area contributed by atoms with Gasteiger partial charge in [0, 0.05) is 6.61 Å². The van der Waals surface area contributed by atoms with Crippen LogP contribution in [0.15, 0.2) is 0 Å². The predicted molar refractivity (Wildman–Crippen MR) is 56.6 cm³/mol. The zero-order valence-electron chi connectivity index (χ0n) is 10.2. The summed E-state index contributed by atoms with van der Waals surface area (Å²) < 4.78 is 46.2. The van der Waals surface area contributed by atoms with Crippen molar-refractivity contribution in [2.24, 2.45) is 0 Å². The highest BCUT2D eigenvalue weighted by atomic mass is 19.4. The third-order valence-electron chi connectivity index (χ3n) is 2.08. The minimum Gasteiger partial charge on any atom is -0.464 e. The molecule has 0 spiro atoms. The number of alkyl halides is 3. The molecule has 0 aliphatic rings. The minimum atomic E-state index is -4.71. The molecule has 17 heavy (non-hydrogen) atoms. The average Bonchev–Trinajstić information content (AvgIpc) is 2.21. The van der Waals surface area contributed by atoms with E-state index in [1.807, 2.05) is 6.92 Å². The van der Waals surface area contributed by atoms with Crippen LogP contribution in [0.1, 0.15) is 39.5 Å². The topological polar surface area (TPSA) is 35.5 Å². The third kappa shape index (κ3) is 7.20. The van der Waals surface area contributed by atoms with Gasteiger partial charge >= 0.3 is 12.1 Å². The third-order valence-corrected chi connectivity index (χ3v) is 2.08. The van der Waals surface area contributed by atoms with E-state index in [9.17, 15) is 18.0 Å². The van der Waals surface area contributed by atoms with Gasteiger partial charge in [-0.1, -0.05) is 26.2 Å². The molecule has 0 saturated heterocycles. The van der Waals surface area contributed by atoms with Crippen LogP contribution in [0.3, 0.4) is 0 Å². The van der Waals surface area contributed by atoms with Crippen molar-refractivity contribution in [3.05, 3.63) is 0 Å². The van der Waals surface area contributed by atoms with E-state index in [0.717, 1.165) is 19.3 Å². The van der Waals surface area contributed by atoms with Crippen LogP contribution in [0.25, 0.3) is 0 Å². The Labute approximate surface area is 99.3 Å². The summed E-state index contributed by atoms with van der Waals surface area (Å²) in [6.07, 6.45) is -3.93. The molecular formula is C11H19F3O3. The van der Waals surface area contributed by atoms with E-state index >= 15 is 0 Å². The zero-order valence-corrected chi connectivity index (χ0v) is 10.2. The van der Waals surface area contributed by atoms with Gasteiger partial charge in [0.2, 0.25) is 0 Å². The van der Waals surface area contributed by atoms with Gasteiger partial charge in [0.1, 0.15) is 0 Å². The Balaban J connectivity index is 4.08. The molecule has 0 N–H and O–H groups in total. The Morgan fingerprint density at radius 1 is 1.18 bits per heavy atom. The lowest BCUT2D eigenvalue weighted by molar-refractivity contribution is -0.230. The van der Waals surface area contributed by atoms with Crippen molar-refractivity contribution >= 4 is 5.97 Å². The molecule has 1 unspecified atom stereocenters. The summed E-state index contributed by atoms with van der Waals surface area (Å²) in [5.74, 6) is -1.37. The van der Waals surface area contributed by atoms with Gasteiger partial charge in [-0.25, -0.2) is 4.79 Å². The Morgan fingerprint density at radius 3 is 2.29 bits per heavy atom. The first-order valence-corrected chi connectivity index (χ1v) is 5.78. The van der Waals surface area contributed by atoms with Crippen molar-refractivity contribution in [1.29, 1.82) is 0 Å². The molecular weight excluding hydrogens is 237 g/mol. The number of hydrogen-bond acceptors (Lipinski definition) is 3. The number of unbranched alkanes of at least 4 members (excludes halogenated alkanes) is 3. The molecule has 0 amide bonds.